The minimum Gasteiger partial charge on any atom is -0.455 e. The van der Waals surface area contributed by atoms with Crippen LogP contribution in [0.3, 0.4) is 0 Å². The minimum absolute atomic E-state index is 0.0206. The highest BCUT2D eigenvalue weighted by Crippen LogP contribution is 2.51. The van der Waals surface area contributed by atoms with E-state index in [-0.39, 0.29) is 49.4 Å². The normalized spacial score (nSPS) is 17.7. The maximum Gasteiger partial charge on any atom is 0.143 e. The lowest BCUT2D eigenvalue weighted by Crippen LogP contribution is -1.92. The summed E-state index contributed by atoms with van der Waals surface area (Å²) in [5.74, 6) is -0.440. The van der Waals surface area contributed by atoms with Gasteiger partial charge < -0.3 is 4.42 Å². The molecule has 0 aliphatic carbocycles. The summed E-state index contributed by atoms with van der Waals surface area (Å²) in [5, 5.41) is -1.67. The topological polar surface area (TPSA) is 13.1 Å². The van der Waals surface area contributed by atoms with Crippen molar-refractivity contribution in [3.63, 3.8) is 0 Å². The van der Waals surface area contributed by atoms with E-state index in [0.29, 0.717) is 0 Å². The number of benzene rings is 8. The average Bonchev–Trinajstić information content (AvgIpc) is 3.73. The lowest BCUT2D eigenvalue weighted by Gasteiger charge is -2.18. The first-order valence-corrected chi connectivity index (χ1v) is 14.4. The quantitative estimate of drug-likeness (QED) is 0.175. The van der Waals surface area contributed by atoms with E-state index in [1.165, 1.54) is 24.3 Å². The molecule has 0 amide bonds. The predicted octanol–water partition coefficient (Wildman–Crippen LogP) is 13.1. The molecule has 8 aromatic carbocycles. The van der Waals surface area contributed by atoms with Crippen LogP contribution in [0, 0.1) is 0 Å². The van der Waals surface area contributed by atoms with Crippen LogP contribution in [0.5, 0.6) is 0 Å². The van der Waals surface area contributed by atoms with E-state index in [1.807, 2.05) is 0 Å². The third-order valence-corrected chi connectivity index (χ3v) is 7.89. The van der Waals surface area contributed by atoms with Crippen LogP contribution in [-0.4, -0.2) is 0 Å². The van der Waals surface area contributed by atoms with E-state index in [9.17, 15) is 9.60 Å². The molecule has 0 fully saturated rings. The van der Waals surface area contributed by atoms with Crippen LogP contribution >= 0.6 is 0 Å². The average molecular weight is 620 g/mol. The van der Waals surface area contributed by atoms with Crippen LogP contribution in [0.15, 0.2) is 186 Å². The smallest absolute Gasteiger partial charge is 0.143 e. The fourth-order valence-corrected chi connectivity index (χ4v) is 5.97. The van der Waals surface area contributed by atoms with Gasteiger partial charge in [-0.1, -0.05) is 181 Å². The first-order chi connectivity index (χ1) is 32.1. The fourth-order valence-electron chi connectivity index (χ4n) is 5.97. The van der Waals surface area contributed by atoms with Gasteiger partial charge in [0.2, 0.25) is 0 Å². The highest BCUT2D eigenvalue weighted by molar-refractivity contribution is 6.25. The molecule has 0 unspecified atom stereocenters. The summed E-state index contributed by atoms with van der Waals surface area (Å²) >= 11 is 0. The molecule has 47 heavy (non-hydrogen) atoms. The Bertz CT molecular complexity index is 3610. The maximum atomic E-state index is 9.59. The van der Waals surface area contributed by atoms with Crippen molar-refractivity contribution in [1.82, 2.24) is 0 Å². The summed E-state index contributed by atoms with van der Waals surface area (Å²) in [6.07, 6.45) is 0. The summed E-state index contributed by atoms with van der Waals surface area (Å²) in [6, 6.07) is -1.91. The van der Waals surface area contributed by atoms with Gasteiger partial charge in [-0.05, 0) is 49.4 Å². The van der Waals surface area contributed by atoms with Crippen molar-refractivity contribution >= 4 is 32.5 Å². The van der Waals surface area contributed by atoms with Crippen LogP contribution in [0.25, 0.3) is 88.3 Å². The Morgan fingerprint density at radius 1 is 0.340 bits per heavy atom. The van der Waals surface area contributed by atoms with E-state index in [2.05, 4.69) is 0 Å². The van der Waals surface area contributed by atoms with E-state index >= 15 is 0 Å². The molecule has 0 bridgehead atoms. The Hall–Kier alpha value is -6.18. The molecule has 0 N–H and O–H groups in total. The van der Waals surface area contributed by atoms with Crippen molar-refractivity contribution in [3.8, 4) is 55.8 Å². The fraction of sp³-hybridized carbons (Fsp3) is 0. The first-order valence-electron chi connectivity index (χ1n) is 24.9. The lowest BCUT2D eigenvalue weighted by atomic mass is 9.84. The highest BCUT2D eigenvalue weighted by atomic mass is 16.3. The lowest BCUT2D eigenvalue weighted by molar-refractivity contribution is 0.634. The monoisotopic (exact) mass is 619 g/mol. The second-order valence-electron chi connectivity index (χ2n) is 10.4. The van der Waals surface area contributed by atoms with Crippen LogP contribution in [-0.2, 0) is 0 Å². The summed E-state index contributed by atoms with van der Waals surface area (Å²) in [4.78, 5) is 0. The van der Waals surface area contributed by atoms with Gasteiger partial charge in [-0.2, -0.15) is 0 Å². The molecule has 1 aromatic heterocycles. The second kappa shape index (κ2) is 11.3. The van der Waals surface area contributed by atoms with Gasteiger partial charge in [-0.3, -0.25) is 0 Å². The molecule has 0 aliphatic heterocycles. The minimum atomic E-state index is -0.870. The molecule has 1 heteroatoms. The Labute approximate surface area is 303 Å². The Morgan fingerprint density at radius 3 is 1.45 bits per heavy atom. The van der Waals surface area contributed by atoms with Crippen molar-refractivity contribution in [2.75, 3.05) is 0 Å². The molecule has 0 saturated carbocycles. The van der Waals surface area contributed by atoms with Crippen LogP contribution in [0.2, 0.25) is 0 Å². The van der Waals surface area contributed by atoms with Gasteiger partial charge >= 0.3 is 0 Å². The number of hydrogen-bond acceptors (Lipinski definition) is 1. The Kier molecular flexibility index (Phi) is 3.20. The largest absolute Gasteiger partial charge is 0.455 e. The molecular formula is C46H30O. The second-order valence-corrected chi connectivity index (χ2v) is 10.4. The van der Waals surface area contributed by atoms with E-state index in [1.54, 1.807) is 30.3 Å². The van der Waals surface area contributed by atoms with Gasteiger partial charge in [0.1, 0.15) is 11.3 Å². The zero-order chi connectivity index (χ0) is 49.4. The third kappa shape index (κ3) is 4.47. The maximum absolute atomic E-state index is 9.59. The molecule has 0 aliphatic rings. The van der Waals surface area contributed by atoms with Crippen LogP contribution < -0.4 is 0 Å². The van der Waals surface area contributed by atoms with Crippen molar-refractivity contribution in [1.29, 1.82) is 0 Å². The molecule has 220 valence electrons. The number of hydrogen-bond donors (Lipinski definition) is 0. The number of fused-ring (bicyclic) bond motifs is 3. The molecular weight excluding hydrogens is 569 g/mol. The highest BCUT2D eigenvalue weighted by Gasteiger charge is 2.26. The SMILES string of the molecule is [2H]c1c([2H])c([2H])c(-c2ccccc2-c2oc3c(-c4c([2H])c([2H])c([2H])c([2H])c4[2H])c([2H])c([2H])c([2H])c3c2-c2c3c([2H])c([2H])c([2H])c([2H])c3c(-c3ccccc3)c3c([2H])c([2H])c([2H])c([2H])c23)c([2H])c1[2H]. The Balaban J connectivity index is 1.67. The molecule has 0 atom stereocenters. The first kappa shape index (κ1) is 13.3. The number of para-hydroxylation sites is 1. The van der Waals surface area contributed by atoms with Crippen molar-refractivity contribution in [2.45, 2.75) is 0 Å². The van der Waals surface area contributed by atoms with Crippen LogP contribution in [0.4, 0.5) is 0 Å². The number of rotatable bonds is 5. The summed E-state index contributed by atoms with van der Waals surface area (Å²) in [5.41, 5.74) is -2.87. The summed E-state index contributed by atoms with van der Waals surface area (Å²) in [6.45, 7) is 0. The van der Waals surface area contributed by atoms with Crippen LogP contribution in [0.1, 0.15) is 28.8 Å². The Morgan fingerprint density at radius 2 is 0.830 bits per heavy atom. The number of furan rings is 1. The van der Waals surface area contributed by atoms with Gasteiger partial charge in [0, 0.05) is 27.6 Å². The predicted molar refractivity (Wildman–Crippen MR) is 198 cm³/mol. The molecule has 0 radical (unpaired) electrons. The third-order valence-electron chi connectivity index (χ3n) is 7.89. The van der Waals surface area contributed by atoms with E-state index in [4.69, 9.17) is 23.6 Å². The zero-order valence-corrected chi connectivity index (χ0v) is 24.1. The molecule has 0 saturated heterocycles. The van der Waals surface area contributed by atoms with Gasteiger partial charge in [0.15, 0.2) is 0 Å². The van der Waals surface area contributed by atoms with E-state index < -0.39 is 166 Å². The van der Waals surface area contributed by atoms with E-state index in [0.717, 1.165) is 0 Å². The zero-order valence-electron chi connectivity index (χ0n) is 45.1. The summed E-state index contributed by atoms with van der Waals surface area (Å²) < 4.78 is 195. The summed E-state index contributed by atoms with van der Waals surface area (Å²) in [7, 11) is 0. The molecule has 0 spiro atoms. The van der Waals surface area contributed by atoms with Crippen molar-refractivity contribution < 1.29 is 33.2 Å². The molecule has 9 aromatic rings. The standard InChI is InChI=1S/C46H30O/c1-4-17-31(18-5-1)34-23-10-15-28-40(34)46-44(41-30-16-29-35(45(41)47-46)32-19-6-2-7-20-32)43-38-26-13-11-24-36(38)42(33-21-8-3-9-22-33)37-25-12-14-27-39(37)43/h1-30H/i1D,2D,4D,5D,6D,7D,11D,12D,13D,14D,16D,17D,18D,19D,20D,24D,25D,26D,27D,29D,30D. The molecule has 1 heterocycles. The van der Waals surface area contributed by atoms with Gasteiger partial charge in [-0.15, -0.1) is 0 Å². The van der Waals surface area contributed by atoms with Crippen molar-refractivity contribution in [3.05, 3.63) is 181 Å². The molecule has 1 nitrogen and oxygen atoms in total. The van der Waals surface area contributed by atoms with Gasteiger partial charge in [0.25, 0.3) is 0 Å². The van der Waals surface area contributed by atoms with Crippen molar-refractivity contribution in [2.24, 2.45) is 0 Å². The molecule has 9 rings (SSSR count). The van der Waals surface area contributed by atoms with Gasteiger partial charge in [0.05, 0.1) is 28.8 Å². The van der Waals surface area contributed by atoms with Gasteiger partial charge in [-0.25, -0.2) is 0 Å².